The Balaban J connectivity index is 4.25. The van der Waals surface area contributed by atoms with Crippen LogP contribution in [0.1, 0.15) is 213 Å². The molecule has 2 atom stereocenters. The molecule has 0 aliphatic heterocycles. The molecule has 2 unspecified atom stereocenters. The number of quaternary nitrogens is 1. The SMILES string of the molecule is CC/C=C/C=C/C=C/C=C/C=C/C=C/CCCCCC(=O)OC(COCCC(C(=O)O)[N+](C)(C)C)COC(=O)CCCCCCCCCCCCCCCCCCCCCCCCC. The van der Waals surface area contributed by atoms with Crippen molar-refractivity contribution in [3.8, 4) is 0 Å². The summed E-state index contributed by atoms with van der Waals surface area (Å²) in [6, 6.07) is -0.626. The molecule has 0 heterocycles. The van der Waals surface area contributed by atoms with Gasteiger partial charge in [-0.3, -0.25) is 9.59 Å². The number of carboxylic acids is 1. The maximum Gasteiger partial charge on any atom is 0.362 e. The third-order valence-electron chi connectivity index (χ3n) is 11.5. The van der Waals surface area contributed by atoms with Crippen molar-refractivity contribution in [3.63, 3.8) is 0 Å². The summed E-state index contributed by atoms with van der Waals surface area (Å²) < 4.78 is 17.3. The van der Waals surface area contributed by atoms with Crippen LogP contribution >= 0.6 is 0 Å². The Kier molecular flexibility index (Phi) is 44.0. The lowest BCUT2D eigenvalue weighted by molar-refractivity contribution is -0.887. The molecule has 0 radical (unpaired) electrons. The number of esters is 2. The molecule has 0 bridgehead atoms. The summed E-state index contributed by atoms with van der Waals surface area (Å²) in [5, 5.41) is 9.65. The number of carbonyl (C=O) groups excluding carboxylic acids is 2. The van der Waals surface area contributed by atoms with Crippen LogP contribution in [0.4, 0.5) is 0 Å². The van der Waals surface area contributed by atoms with Gasteiger partial charge in [-0.05, 0) is 32.1 Å². The van der Waals surface area contributed by atoms with Crippen LogP contribution in [-0.4, -0.2) is 80.6 Å². The first-order valence-electron chi connectivity index (χ1n) is 26.1. The normalized spacial score (nSPS) is 13.5. The standard InChI is InChI=1S/C56H97NO7/c1-6-8-10-12-14-16-18-20-22-24-25-26-27-28-29-31-32-34-36-38-40-42-44-46-54(58)63-51-52(50-62-49-48-53(56(60)61)57(3,4)5)64-55(59)47-45-43-41-39-37-35-33-30-23-21-19-17-15-13-11-9-7-2/h9,11,13,15,17,19,21,23,30,33,35,37,52-53H,6-8,10,12,14,16,18,20,22,24-29,31-32,34,36,38-51H2,1-5H3/p+1/b11-9+,15-13+,19-17+,23-21+,33-30+,37-35+. The number of hydrogen-bond acceptors (Lipinski definition) is 6. The molecule has 0 fully saturated rings. The summed E-state index contributed by atoms with van der Waals surface area (Å²) in [6.07, 6.45) is 59.6. The van der Waals surface area contributed by atoms with Crippen molar-refractivity contribution in [1.82, 2.24) is 0 Å². The van der Waals surface area contributed by atoms with Crippen molar-refractivity contribution in [1.29, 1.82) is 0 Å². The van der Waals surface area contributed by atoms with Crippen molar-refractivity contribution >= 4 is 17.9 Å². The highest BCUT2D eigenvalue weighted by molar-refractivity contribution is 5.72. The topological polar surface area (TPSA) is 99.1 Å². The van der Waals surface area contributed by atoms with Gasteiger partial charge >= 0.3 is 17.9 Å². The second kappa shape index (κ2) is 46.3. The summed E-state index contributed by atoms with van der Waals surface area (Å²) >= 11 is 0. The van der Waals surface area contributed by atoms with Crippen LogP contribution in [0, 0.1) is 0 Å². The van der Waals surface area contributed by atoms with E-state index < -0.39 is 18.1 Å². The predicted octanol–water partition coefficient (Wildman–Crippen LogP) is 15.1. The molecule has 0 amide bonds. The number of hydrogen-bond donors (Lipinski definition) is 1. The van der Waals surface area contributed by atoms with Crippen molar-refractivity contribution in [2.45, 2.75) is 225 Å². The first kappa shape index (κ1) is 60.8. The number of aliphatic carboxylic acids is 1. The Hall–Kier alpha value is -3.23. The molecule has 1 N–H and O–H groups in total. The van der Waals surface area contributed by atoms with Gasteiger partial charge in [0.2, 0.25) is 0 Å². The smallest absolute Gasteiger partial charge is 0.362 e. The lowest BCUT2D eigenvalue weighted by Crippen LogP contribution is -2.50. The van der Waals surface area contributed by atoms with E-state index in [2.05, 4.69) is 26.0 Å². The highest BCUT2D eigenvalue weighted by atomic mass is 16.6. The molecular formula is C56H98NO7+. The van der Waals surface area contributed by atoms with Crippen molar-refractivity contribution in [2.75, 3.05) is 41.0 Å². The molecule has 8 nitrogen and oxygen atoms in total. The number of carboxylic acid groups (broad SMARTS) is 1. The Labute approximate surface area is 393 Å². The van der Waals surface area contributed by atoms with E-state index in [9.17, 15) is 19.5 Å². The molecule has 0 spiro atoms. The highest BCUT2D eigenvalue weighted by Gasteiger charge is 2.31. The zero-order valence-corrected chi connectivity index (χ0v) is 42.0. The van der Waals surface area contributed by atoms with E-state index in [1.54, 1.807) is 0 Å². The van der Waals surface area contributed by atoms with Gasteiger partial charge < -0.3 is 23.8 Å². The monoisotopic (exact) mass is 897 g/mol. The highest BCUT2D eigenvalue weighted by Crippen LogP contribution is 2.16. The predicted molar refractivity (Wildman–Crippen MR) is 270 cm³/mol. The van der Waals surface area contributed by atoms with Gasteiger partial charge in [0, 0.05) is 19.3 Å². The Morgan fingerprint density at radius 2 is 0.875 bits per heavy atom. The maximum absolute atomic E-state index is 12.8. The van der Waals surface area contributed by atoms with Crippen LogP contribution in [0.3, 0.4) is 0 Å². The largest absolute Gasteiger partial charge is 0.477 e. The molecule has 64 heavy (non-hydrogen) atoms. The number of nitrogens with zero attached hydrogens (tertiary/aromatic N) is 1. The van der Waals surface area contributed by atoms with Gasteiger partial charge in [-0.15, -0.1) is 0 Å². The van der Waals surface area contributed by atoms with Crippen LogP contribution in [0.2, 0.25) is 0 Å². The lowest BCUT2D eigenvalue weighted by atomic mass is 10.0. The van der Waals surface area contributed by atoms with Crippen LogP contribution in [-0.2, 0) is 28.6 Å². The third kappa shape index (κ3) is 44.0. The first-order valence-corrected chi connectivity index (χ1v) is 26.1. The van der Waals surface area contributed by atoms with E-state index in [0.717, 1.165) is 44.9 Å². The second-order valence-corrected chi connectivity index (χ2v) is 18.6. The molecule has 0 saturated carbocycles. The molecule has 0 aromatic carbocycles. The van der Waals surface area contributed by atoms with E-state index in [-0.39, 0.29) is 42.7 Å². The molecule has 0 saturated heterocycles. The fourth-order valence-corrected chi connectivity index (χ4v) is 7.54. The van der Waals surface area contributed by atoms with E-state index >= 15 is 0 Å². The first-order chi connectivity index (χ1) is 31.1. The van der Waals surface area contributed by atoms with Crippen molar-refractivity contribution in [3.05, 3.63) is 72.9 Å². The number of ether oxygens (including phenoxy) is 3. The van der Waals surface area contributed by atoms with E-state index in [1.165, 1.54) is 128 Å². The molecule has 0 aromatic heterocycles. The number of rotatable bonds is 46. The minimum Gasteiger partial charge on any atom is -0.477 e. The van der Waals surface area contributed by atoms with Gasteiger partial charge in [0.05, 0.1) is 34.4 Å². The zero-order chi connectivity index (χ0) is 47.0. The molecular weight excluding hydrogens is 799 g/mol. The van der Waals surface area contributed by atoms with Crippen molar-refractivity contribution in [2.24, 2.45) is 0 Å². The minimum absolute atomic E-state index is 0.0411. The molecule has 0 aliphatic carbocycles. The Bertz CT molecular complexity index is 1270. The van der Waals surface area contributed by atoms with Crippen LogP contribution in [0.25, 0.3) is 0 Å². The summed E-state index contributed by atoms with van der Waals surface area (Å²) in [5.74, 6) is -1.52. The molecule has 0 aliphatic rings. The van der Waals surface area contributed by atoms with Gasteiger partial charge in [-0.25, -0.2) is 4.79 Å². The summed E-state index contributed by atoms with van der Waals surface area (Å²) in [4.78, 5) is 37.1. The van der Waals surface area contributed by atoms with Gasteiger partial charge in [0.1, 0.15) is 6.61 Å². The van der Waals surface area contributed by atoms with E-state index in [0.29, 0.717) is 19.3 Å². The van der Waals surface area contributed by atoms with Gasteiger partial charge in [-0.2, -0.15) is 0 Å². The maximum atomic E-state index is 12.8. The second-order valence-electron chi connectivity index (χ2n) is 18.6. The summed E-state index contributed by atoms with van der Waals surface area (Å²) in [6.45, 7) is 4.56. The van der Waals surface area contributed by atoms with E-state index in [1.807, 2.05) is 81.9 Å². The Morgan fingerprint density at radius 1 is 0.484 bits per heavy atom. The number of unbranched alkanes of at least 4 members (excludes halogenated alkanes) is 25. The lowest BCUT2D eigenvalue weighted by Gasteiger charge is -2.31. The van der Waals surface area contributed by atoms with Crippen LogP contribution in [0.15, 0.2) is 72.9 Å². The van der Waals surface area contributed by atoms with Crippen LogP contribution in [0.5, 0.6) is 0 Å². The van der Waals surface area contributed by atoms with E-state index in [4.69, 9.17) is 14.2 Å². The molecule has 0 rings (SSSR count). The molecule has 0 aromatic rings. The average molecular weight is 897 g/mol. The van der Waals surface area contributed by atoms with Gasteiger partial charge in [-0.1, -0.05) is 234 Å². The summed E-state index contributed by atoms with van der Waals surface area (Å²) in [7, 11) is 5.51. The fraction of sp³-hybridized carbons (Fsp3) is 0.732. The molecule has 368 valence electrons. The van der Waals surface area contributed by atoms with Crippen molar-refractivity contribution < 1.29 is 38.2 Å². The van der Waals surface area contributed by atoms with Gasteiger partial charge in [0.15, 0.2) is 12.1 Å². The van der Waals surface area contributed by atoms with Crippen LogP contribution < -0.4 is 0 Å². The quantitative estimate of drug-likeness (QED) is 0.0281. The Morgan fingerprint density at radius 3 is 1.30 bits per heavy atom. The third-order valence-corrected chi connectivity index (χ3v) is 11.5. The van der Waals surface area contributed by atoms with Gasteiger partial charge in [0.25, 0.3) is 0 Å². The summed E-state index contributed by atoms with van der Waals surface area (Å²) in [5.41, 5.74) is 0. The average Bonchev–Trinajstić information content (AvgIpc) is 3.26. The molecule has 8 heteroatoms. The number of likely N-dealkylation sites (N-methyl/N-ethyl adjacent to an activating group) is 1. The number of allylic oxidation sites excluding steroid dienone is 12. The fourth-order valence-electron chi connectivity index (χ4n) is 7.54. The minimum atomic E-state index is -0.884. The number of carbonyl (C=O) groups is 3. The zero-order valence-electron chi connectivity index (χ0n) is 42.0.